The molecular weight excluding hydrogens is 252 g/mol. The zero-order valence-corrected chi connectivity index (χ0v) is 13.6. The monoisotopic (exact) mass is 278 g/mol. The number of fused-ring (bicyclic) bond motifs is 2. The Labute approximate surface area is 121 Å². The van der Waals surface area contributed by atoms with Gasteiger partial charge in [0.15, 0.2) is 0 Å². The Hall–Kier alpha value is -0.410. The Morgan fingerprint density at radius 2 is 2.16 bits per heavy atom. The van der Waals surface area contributed by atoms with Gasteiger partial charge < -0.3 is 5.32 Å². The second kappa shape index (κ2) is 4.29. The second-order valence-corrected chi connectivity index (χ2v) is 8.81. The van der Waals surface area contributed by atoms with Gasteiger partial charge in [-0.25, -0.2) is 4.98 Å². The van der Waals surface area contributed by atoms with Crippen molar-refractivity contribution in [3.05, 3.63) is 16.1 Å². The SMILES string of the molecule is Cc1cnc(C(C)NC2C(C)(C)[C@H]3CC[C@]2(C)C3)s1. The molecule has 0 spiro atoms. The topological polar surface area (TPSA) is 24.9 Å². The molecule has 2 aliphatic carbocycles. The molecule has 0 saturated heterocycles. The van der Waals surface area contributed by atoms with E-state index in [1.807, 2.05) is 17.5 Å². The number of aryl methyl sites for hydroxylation is 1. The number of aromatic nitrogens is 1. The van der Waals surface area contributed by atoms with Gasteiger partial charge in [-0.3, -0.25) is 0 Å². The lowest BCUT2D eigenvalue weighted by molar-refractivity contribution is 0.100. The fourth-order valence-electron chi connectivity index (χ4n) is 4.61. The Balaban J connectivity index is 1.79. The first-order valence-electron chi connectivity index (χ1n) is 7.51. The number of thiazole rings is 1. The van der Waals surface area contributed by atoms with Gasteiger partial charge >= 0.3 is 0 Å². The van der Waals surface area contributed by atoms with Crippen LogP contribution in [0.2, 0.25) is 0 Å². The summed E-state index contributed by atoms with van der Waals surface area (Å²) in [6.45, 7) is 11.8. The van der Waals surface area contributed by atoms with E-state index in [4.69, 9.17) is 0 Å². The predicted molar refractivity (Wildman–Crippen MR) is 81.4 cm³/mol. The van der Waals surface area contributed by atoms with Crippen LogP contribution in [0, 0.1) is 23.7 Å². The maximum atomic E-state index is 4.55. The summed E-state index contributed by atoms with van der Waals surface area (Å²) in [5.74, 6) is 0.903. The van der Waals surface area contributed by atoms with Crippen molar-refractivity contribution in [3.63, 3.8) is 0 Å². The molecule has 4 atom stereocenters. The Kier molecular flexibility index (Phi) is 3.06. The van der Waals surface area contributed by atoms with Gasteiger partial charge in [-0.05, 0) is 49.9 Å². The largest absolute Gasteiger partial charge is 0.304 e. The van der Waals surface area contributed by atoms with Crippen LogP contribution in [0.3, 0.4) is 0 Å². The van der Waals surface area contributed by atoms with Gasteiger partial charge in [0.1, 0.15) is 5.01 Å². The van der Waals surface area contributed by atoms with Crippen molar-refractivity contribution in [2.24, 2.45) is 16.7 Å². The predicted octanol–water partition coefficient (Wildman–Crippen LogP) is 4.32. The highest BCUT2D eigenvalue weighted by atomic mass is 32.1. The van der Waals surface area contributed by atoms with Crippen molar-refractivity contribution < 1.29 is 0 Å². The molecule has 3 rings (SSSR count). The molecule has 3 heteroatoms. The third kappa shape index (κ3) is 2.06. The standard InChI is InChI=1S/C16H26N2S/c1-10-9-17-13(19-10)11(2)18-14-15(3,4)12-6-7-16(14,5)8-12/h9,11-12,14,18H,6-8H2,1-5H3/t11?,12-,14?,16+/m0/s1. The molecule has 2 unspecified atom stereocenters. The van der Waals surface area contributed by atoms with E-state index in [2.05, 4.69) is 44.9 Å². The maximum absolute atomic E-state index is 4.55. The highest BCUT2D eigenvalue weighted by molar-refractivity contribution is 7.11. The molecule has 2 bridgehead atoms. The highest BCUT2D eigenvalue weighted by Gasteiger charge is 2.59. The van der Waals surface area contributed by atoms with Crippen molar-refractivity contribution in [1.29, 1.82) is 0 Å². The Morgan fingerprint density at radius 1 is 1.42 bits per heavy atom. The molecule has 1 heterocycles. The number of nitrogens with one attached hydrogen (secondary N) is 1. The average Bonchev–Trinajstić information content (AvgIpc) is 2.96. The molecule has 2 aliphatic rings. The molecule has 2 saturated carbocycles. The van der Waals surface area contributed by atoms with Crippen molar-refractivity contribution >= 4 is 11.3 Å². The fraction of sp³-hybridized carbons (Fsp3) is 0.812. The van der Waals surface area contributed by atoms with Crippen molar-refractivity contribution in [1.82, 2.24) is 10.3 Å². The first kappa shape index (κ1) is 13.6. The van der Waals surface area contributed by atoms with Crippen molar-refractivity contribution in [3.8, 4) is 0 Å². The summed E-state index contributed by atoms with van der Waals surface area (Å²) in [5.41, 5.74) is 0.919. The summed E-state index contributed by atoms with van der Waals surface area (Å²) in [5, 5.41) is 5.15. The summed E-state index contributed by atoms with van der Waals surface area (Å²) in [6, 6.07) is 0.997. The normalized spacial score (nSPS) is 37.7. The minimum Gasteiger partial charge on any atom is -0.304 e. The van der Waals surface area contributed by atoms with Crippen LogP contribution in [0.4, 0.5) is 0 Å². The van der Waals surface area contributed by atoms with Crippen LogP contribution in [0.25, 0.3) is 0 Å². The van der Waals surface area contributed by atoms with Gasteiger partial charge in [-0.2, -0.15) is 0 Å². The van der Waals surface area contributed by atoms with E-state index in [-0.39, 0.29) is 0 Å². The number of nitrogens with zero attached hydrogens (tertiary/aromatic N) is 1. The Bertz CT molecular complexity index is 474. The summed E-state index contributed by atoms with van der Waals surface area (Å²) >= 11 is 1.82. The van der Waals surface area contributed by atoms with E-state index in [0.29, 0.717) is 22.9 Å². The van der Waals surface area contributed by atoms with E-state index in [0.717, 1.165) is 5.92 Å². The summed E-state index contributed by atoms with van der Waals surface area (Å²) < 4.78 is 0. The van der Waals surface area contributed by atoms with Gasteiger partial charge in [0, 0.05) is 17.1 Å². The number of hydrogen-bond acceptors (Lipinski definition) is 3. The van der Waals surface area contributed by atoms with Crippen molar-refractivity contribution in [2.75, 3.05) is 0 Å². The first-order chi connectivity index (χ1) is 8.83. The molecule has 1 aromatic heterocycles. The molecule has 2 fully saturated rings. The zero-order chi connectivity index (χ0) is 13.8. The smallest absolute Gasteiger partial charge is 0.109 e. The lowest BCUT2D eigenvalue weighted by Gasteiger charge is -2.44. The van der Waals surface area contributed by atoms with Crippen molar-refractivity contribution in [2.45, 2.75) is 66.0 Å². The third-order valence-electron chi connectivity index (χ3n) is 5.70. The van der Waals surface area contributed by atoms with E-state index in [9.17, 15) is 0 Å². The first-order valence-corrected chi connectivity index (χ1v) is 8.33. The molecule has 2 nitrogen and oxygen atoms in total. The highest BCUT2D eigenvalue weighted by Crippen LogP contribution is 2.62. The molecule has 0 aromatic carbocycles. The minimum atomic E-state index is 0.374. The van der Waals surface area contributed by atoms with Crippen LogP contribution in [-0.4, -0.2) is 11.0 Å². The van der Waals surface area contributed by atoms with Gasteiger partial charge in [-0.1, -0.05) is 20.8 Å². The molecule has 0 aliphatic heterocycles. The van der Waals surface area contributed by atoms with E-state index in [1.54, 1.807) is 0 Å². The average molecular weight is 278 g/mol. The van der Waals surface area contributed by atoms with Crippen LogP contribution in [0.1, 0.15) is 62.9 Å². The molecule has 0 amide bonds. The number of hydrogen-bond donors (Lipinski definition) is 1. The minimum absolute atomic E-state index is 0.374. The lowest BCUT2D eigenvalue weighted by atomic mass is 9.68. The van der Waals surface area contributed by atoms with E-state index < -0.39 is 0 Å². The molecular formula is C16H26N2S. The van der Waals surface area contributed by atoms with Crippen LogP contribution >= 0.6 is 11.3 Å². The fourth-order valence-corrected chi connectivity index (χ4v) is 5.40. The molecule has 19 heavy (non-hydrogen) atoms. The summed E-state index contributed by atoms with van der Waals surface area (Å²) in [6.07, 6.45) is 6.21. The van der Waals surface area contributed by atoms with Gasteiger partial charge in [0.05, 0.1) is 6.04 Å². The molecule has 0 radical (unpaired) electrons. The Morgan fingerprint density at radius 3 is 2.68 bits per heavy atom. The maximum Gasteiger partial charge on any atom is 0.109 e. The lowest BCUT2D eigenvalue weighted by Crippen LogP contribution is -2.50. The van der Waals surface area contributed by atoms with Gasteiger partial charge in [-0.15, -0.1) is 11.3 Å². The molecule has 1 N–H and O–H groups in total. The summed E-state index contributed by atoms with van der Waals surface area (Å²) in [7, 11) is 0. The quantitative estimate of drug-likeness (QED) is 0.891. The molecule has 106 valence electrons. The van der Waals surface area contributed by atoms with Gasteiger partial charge in [0.2, 0.25) is 0 Å². The van der Waals surface area contributed by atoms with Crippen LogP contribution in [0.5, 0.6) is 0 Å². The van der Waals surface area contributed by atoms with Gasteiger partial charge in [0.25, 0.3) is 0 Å². The van der Waals surface area contributed by atoms with Crippen LogP contribution < -0.4 is 5.32 Å². The van der Waals surface area contributed by atoms with Crippen LogP contribution in [-0.2, 0) is 0 Å². The molecule has 1 aromatic rings. The number of rotatable bonds is 3. The van der Waals surface area contributed by atoms with E-state index >= 15 is 0 Å². The third-order valence-corrected chi connectivity index (χ3v) is 6.79. The summed E-state index contributed by atoms with van der Waals surface area (Å²) in [4.78, 5) is 5.85. The zero-order valence-electron chi connectivity index (χ0n) is 12.8. The second-order valence-electron chi connectivity index (χ2n) is 7.55. The van der Waals surface area contributed by atoms with Crippen LogP contribution in [0.15, 0.2) is 6.20 Å². The van der Waals surface area contributed by atoms with E-state index in [1.165, 1.54) is 29.1 Å².